The number of carbonyl (C=O) groups is 1. The Hall–Kier alpha value is -3.02. The fourth-order valence-electron chi connectivity index (χ4n) is 5.82. The van der Waals surface area contributed by atoms with Crippen molar-refractivity contribution in [2.75, 3.05) is 49.1 Å². The molecule has 3 heterocycles. The summed E-state index contributed by atoms with van der Waals surface area (Å²) in [5.74, 6) is 0.303. The van der Waals surface area contributed by atoms with Crippen molar-refractivity contribution in [1.29, 1.82) is 0 Å². The SMILES string of the molecule is CC(C)NC(=O)Cn1c(-c2ccc(F)c(Cl)c2)nc2ccc(N3CCCN(CC4CCS(=O)(=O)CC4)CC3)cc2c1=O. The quantitative estimate of drug-likeness (QED) is 0.431. The van der Waals surface area contributed by atoms with E-state index in [1.54, 1.807) is 0 Å². The average molecular weight is 618 g/mol. The van der Waals surface area contributed by atoms with Crippen LogP contribution in [-0.2, 0) is 21.2 Å². The van der Waals surface area contributed by atoms with Crippen LogP contribution < -0.4 is 15.8 Å². The van der Waals surface area contributed by atoms with E-state index in [-0.39, 0.29) is 46.4 Å². The van der Waals surface area contributed by atoms with Gasteiger partial charge < -0.3 is 15.1 Å². The van der Waals surface area contributed by atoms with Crippen molar-refractivity contribution in [3.8, 4) is 11.4 Å². The van der Waals surface area contributed by atoms with E-state index in [0.29, 0.717) is 22.4 Å². The zero-order valence-corrected chi connectivity index (χ0v) is 25.6. The summed E-state index contributed by atoms with van der Waals surface area (Å²) in [5.41, 5.74) is 1.45. The van der Waals surface area contributed by atoms with E-state index in [0.717, 1.165) is 57.7 Å². The first-order valence-electron chi connectivity index (χ1n) is 14.5. The molecule has 0 saturated carbocycles. The highest BCUT2D eigenvalue weighted by Gasteiger charge is 2.26. The van der Waals surface area contributed by atoms with Crippen LogP contribution in [0, 0.1) is 11.7 Å². The van der Waals surface area contributed by atoms with E-state index in [9.17, 15) is 22.4 Å². The van der Waals surface area contributed by atoms with E-state index in [1.165, 1.54) is 22.8 Å². The molecule has 0 unspecified atom stereocenters. The number of benzene rings is 2. The van der Waals surface area contributed by atoms with Crippen LogP contribution in [0.4, 0.5) is 10.1 Å². The second-order valence-corrected chi connectivity index (χ2v) is 14.3. The molecule has 226 valence electrons. The van der Waals surface area contributed by atoms with Gasteiger partial charge in [-0.05, 0) is 82.0 Å². The predicted molar refractivity (Wildman–Crippen MR) is 164 cm³/mol. The molecule has 1 amide bonds. The summed E-state index contributed by atoms with van der Waals surface area (Å²) in [4.78, 5) is 36.0. The molecule has 42 heavy (non-hydrogen) atoms. The van der Waals surface area contributed by atoms with Gasteiger partial charge in [-0.15, -0.1) is 0 Å². The maximum absolute atomic E-state index is 13.9. The van der Waals surface area contributed by atoms with Crippen LogP contribution in [0.15, 0.2) is 41.2 Å². The highest BCUT2D eigenvalue weighted by atomic mass is 35.5. The molecule has 2 saturated heterocycles. The van der Waals surface area contributed by atoms with Gasteiger partial charge in [0, 0.05) is 43.5 Å². The highest BCUT2D eigenvalue weighted by molar-refractivity contribution is 7.91. The number of hydrogen-bond donors (Lipinski definition) is 1. The molecule has 5 rings (SSSR count). The fourth-order valence-corrected chi connectivity index (χ4v) is 7.59. The molecule has 9 nitrogen and oxygen atoms in total. The molecule has 2 aliphatic heterocycles. The number of rotatable bonds is 7. The number of sulfone groups is 1. The third kappa shape index (κ3) is 7.12. The zero-order chi connectivity index (χ0) is 30.0. The highest BCUT2D eigenvalue weighted by Crippen LogP contribution is 2.27. The summed E-state index contributed by atoms with van der Waals surface area (Å²) in [6, 6.07) is 9.61. The van der Waals surface area contributed by atoms with Crippen LogP contribution >= 0.6 is 11.6 Å². The summed E-state index contributed by atoms with van der Waals surface area (Å²) in [6.45, 7) is 7.74. The summed E-state index contributed by atoms with van der Waals surface area (Å²) in [5, 5.41) is 3.11. The molecule has 2 aromatic carbocycles. The molecule has 2 aliphatic rings. The second-order valence-electron chi connectivity index (χ2n) is 11.6. The molecule has 12 heteroatoms. The van der Waals surface area contributed by atoms with Crippen molar-refractivity contribution in [1.82, 2.24) is 19.8 Å². The van der Waals surface area contributed by atoms with E-state index >= 15 is 0 Å². The Morgan fingerprint density at radius 2 is 1.86 bits per heavy atom. The van der Waals surface area contributed by atoms with E-state index in [2.05, 4.69) is 15.1 Å². The van der Waals surface area contributed by atoms with Crippen LogP contribution in [0.1, 0.15) is 33.1 Å². The van der Waals surface area contributed by atoms with Crippen LogP contribution in [0.3, 0.4) is 0 Å². The van der Waals surface area contributed by atoms with Gasteiger partial charge >= 0.3 is 0 Å². The molecule has 0 spiro atoms. The van der Waals surface area contributed by atoms with Gasteiger partial charge in [0.25, 0.3) is 5.56 Å². The van der Waals surface area contributed by atoms with Gasteiger partial charge in [-0.1, -0.05) is 11.6 Å². The molecule has 0 aliphatic carbocycles. The van der Waals surface area contributed by atoms with Crippen molar-refractivity contribution < 1.29 is 17.6 Å². The minimum absolute atomic E-state index is 0.0981. The number of nitrogens with one attached hydrogen (secondary N) is 1. The first-order valence-corrected chi connectivity index (χ1v) is 16.7. The number of fused-ring (bicyclic) bond motifs is 1. The lowest BCUT2D eigenvalue weighted by atomic mass is 10.0. The van der Waals surface area contributed by atoms with Crippen LogP contribution in [0.25, 0.3) is 22.3 Å². The van der Waals surface area contributed by atoms with Gasteiger partial charge in [0.05, 0.1) is 27.4 Å². The van der Waals surface area contributed by atoms with E-state index in [4.69, 9.17) is 16.6 Å². The zero-order valence-electron chi connectivity index (χ0n) is 24.0. The molecular weight excluding hydrogens is 581 g/mol. The van der Waals surface area contributed by atoms with Gasteiger partial charge in [-0.3, -0.25) is 14.2 Å². The molecular formula is C30H37ClFN5O4S. The van der Waals surface area contributed by atoms with Gasteiger partial charge in [0.2, 0.25) is 5.91 Å². The van der Waals surface area contributed by atoms with Crippen LogP contribution in [-0.4, -0.2) is 79.0 Å². The molecule has 0 bridgehead atoms. The molecule has 2 fully saturated rings. The number of hydrogen-bond acceptors (Lipinski definition) is 7. The Morgan fingerprint density at radius 1 is 1.10 bits per heavy atom. The summed E-state index contributed by atoms with van der Waals surface area (Å²) in [7, 11) is -2.87. The van der Waals surface area contributed by atoms with Crippen LogP contribution in [0.2, 0.25) is 5.02 Å². The Labute approximate surface area is 250 Å². The summed E-state index contributed by atoms with van der Waals surface area (Å²) in [6.07, 6.45) is 2.41. The molecule has 0 atom stereocenters. The van der Waals surface area contributed by atoms with Crippen LogP contribution in [0.5, 0.6) is 0 Å². The predicted octanol–water partition coefficient (Wildman–Crippen LogP) is 3.72. The Morgan fingerprint density at radius 3 is 2.57 bits per heavy atom. The third-order valence-electron chi connectivity index (χ3n) is 8.01. The van der Waals surface area contributed by atoms with E-state index in [1.807, 2.05) is 32.0 Å². The Bertz CT molecular complexity index is 1630. The van der Waals surface area contributed by atoms with Crippen molar-refractivity contribution in [2.45, 2.75) is 45.7 Å². The van der Waals surface area contributed by atoms with Gasteiger partial charge in [-0.25, -0.2) is 17.8 Å². The number of anilines is 1. The third-order valence-corrected chi connectivity index (χ3v) is 10.0. The summed E-state index contributed by atoms with van der Waals surface area (Å²) < 4.78 is 38.8. The second kappa shape index (κ2) is 12.7. The Balaban J connectivity index is 1.41. The number of aromatic nitrogens is 2. The average Bonchev–Trinajstić information content (AvgIpc) is 3.18. The summed E-state index contributed by atoms with van der Waals surface area (Å²) >= 11 is 6.04. The van der Waals surface area contributed by atoms with Crippen molar-refractivity contribution in [2.24, 2.45) is 5.92 Å². The minimum atomic E-state index is -2.87. The molecule has 1 N–H and O–H groups in total. The number of nitrogens with zero attached hydrogens (tertiary/aromatic N) is 4. The van der Waals surface area contributed by atoms with Crippen molar-refractivity contribution in [3.05, 3.63) is 57.6 Å². The molecule has 1 aromatic heterocycles. The number of carbonyl (C=O) groups excluding carboxylic acids is 1. The molecule has 0 radical (unpaired) electrons. The Kier molecular flexibility index (Phi) is 9.20. The lowest BCUT2D eigenvalue weighted by molar-refractivity contribution is -0.122. The first kappa shape index (κ1) is 30.4. The number of halogens is 2. The standard InChI is InChI=1S/C30H37ClFN5O4S/c1-20(2)33-28(38)19-37-29(22-4-6-26(32)25(31)16-22)34-27-7-5-23(17-24(27)30(37)39)36-11-3-10-35(12-13-36)18-21-8-14-42(40,41)15-9-21/h4-7,16-17,20-21H,3,8-15,18-19H2,1-2H3,(H,33,38). The van der Waals surface area contributed by atoms with Gasteiger partial charge in [0.15, 0.2) is 0 Å². The van der Waals surface area contributed by atoms with Gasteiger partial charge in [0.1, 0.15) is 28.0 Å². The fraction of sp³-hybridized carbons (Fsp3) is 0.500. The monoisotopic (exact) mass is 617 g/mol. The first-order chi connectivity index (χ1) is 20.0. The van der Waals surface area contributed by atoms with Crippen molar-refractivity contribution >= 4 is 43.9 Å². The largest absolute Gasteiger partial charge is 0.370 e. The smallest absolute Gasteiger partial charge is 0.262 e. The van der Waals surface area contributed by atoms with E-state index < -0.39 is 15.7 Å². The maximum Gasteiger partial charge on any atom is 0.262 e. The van der Waals surface area contributed by atoms with Gasteiger partial charge in [-0.2, -0.15) is 0 Å². The maximum atomic E-state index is 13.9. The lowest BCUT2D eigenvalue weighted by Crippen LogP contribution is -2.37. The normalized spacial score (nSPS) is 18.4. The number of amides is 1. The topological polar surface area (TPSA) is 105 Å². The van der Waals surface area contributed by atoms with Crippen molar-refractivity contribution in [3.63, 3.8) is 0 Å². The lowest BCUT2D eigenvalue weighted by Gasteiger charge is -2.29. The molecule has 3 aromatic rings. The minimum Gasteiger partial charge on any atom is -0.370 e.